The molecule has 2 atom stereocenters. The fourth-order valence-electron chi connectivity index (χ4n) is 5.09. The van der Waals surface area contributed by atoms with Crippen LogP contribution in [0.3, 0.4) is 0 Å². The van der Waals surface area contributed by atoms with Gasteiger partial charge in [-0.3, -0.25) is 9.59 Å². The summed E-state index contributed by atoms with van der Waals surface area (Å²) in [5.41, 5.74) is 4.32. The Bertz CT molecular complexity index is 1470. The first-order valence-electron chi connectivity index (χ1n) is 15.1. The summed E-state index contributed by atoms with van der Waals surface area (Å²) in [6.07, 6.45) is -0.838. The molecule has 11 heteroatoms. The molecular weight excluding hydrogens is 590 g/mol. The predicted molar refractivity (Wildman–Crippen MR) is 176 cm³/mol. The first kappa shape index (κ1) is 34.0. The molecule has 0 aromatic heterocycles. The zero-order chi connectivity index (χ0) is 32.4. The molecule has 4 rings (SSSR count). The molecular formula is C34H43N5O5S. The number of fused-ring (bicyclic) bond motifs is 1. The van der Waals surface area contributed by atoms with Crippen LogP contribution in [-0.4, -0.2) is 69.7 Å². The van der Waals surface area contributed by atoms with Crippen LogP contribution in [0.4, 0.5) is 4.79 Å². The van der Waals surface area contributed by atoms with E-state index in [1.54, 1.807) is 4.90 Å². The van der Waals surface area contributed by atoms with Crippen LogP contribution in [0.2, 0.25) is 0 Å². The molecule has 1 aliphatic rings. The molecule has 0 bridgehead atoms. The second kappa shape index (κ2) is 15.9. The van der Waals surface area contributed by atoms with Gasteiger partial charge in [0.2, 0.25) is 5.91 Å². The summed E-state index contributed by atoms with van der Waals surface area (Å²) in [5, 5.41) is 29.6. The predicted octanol–water partition coefficient (Wildman–Crippen LogP) is 3.36. The van der Waals surface area contributed by atoms with E-state index in [0.717, 1.165) is 32.7 Å². The van der Waals surface area contributed by atoms with Crippen molar-refractivity contribution in [2.75, 3.05) is 19.7 Å². The Hall–Kier alpha value is -3.90. The smallest absolute Gasteiger partial charge is 0.315 e. The van der Waals surface area contributed by atoms with Gasteiger partial charge in [0, 0.05) is 49.6 Å². The molecule has 1 heterocycles. The number of aliphatic hydroxyl groups is 2. The van der Waals surface area contributed by atoms with E-state index in [1.807, 2.05) is 93.6 Å². The molecule has 45 heavy (non-hydrogen) atoms. The number of β-amino-alcohol motifs (C(OH)–C–C–N with tert-alkyl or cyclic N) is 1. The lowest BCUT2D eigenvalue weighted by molar-refractivity contribution is -0.135. The third-order valence-electron chi connectivity index (χ3n) is 7.47. The van der Waals surface area contributed by atoms with Crippen molar-refractivity contribution in [2.45, 2.75) is 68.7 Å². The van der Waals surface area contributed by atoms with Crippen molar-refractivity contribution in [3.63, 3.8) is 0 Å². The lowest BCUT2D eigenvalue weighted by Crippen LogP contribution is -2.50. The van der Waals surface area contributed by atoms with E-state index in [2.05, 4.69) is 21.3 Å². The van der Waals surface area contributed by atoms with Crippen LogP contribution >= 0.6 is 11.8 Å². The quantitative estimate of drug-likeness (QED) is 0.170. The molecule has 0 fully saturated rings. The van der Waals surface area contributed by atoms with Gasteiger partial charge in [-0.2, -0.15) is 0 Å². The Morgan fingerprint density at radius 2 is 1.73 bits per heavy atom. The van der Waals surface area contributed by atoms with Crippen molar-refractivity contribution >= 4 is 29.6 Å². The second-order valence-corrected chi connectivity index (χ2v) is 12.9. The lowest BCUT2D eigenvalue weighted by atomic mass is 9.98. The maximum atomic E-state index is 13.9. The molecule has 1 aliphatic heterocycles. The molecule has 0 saturated heterocycles. The molecule has 0 unspecified atom stereocenters. The number of aliphatic hydroxyl groups excluding tert-OH is 2. The number of urea groups is 1. The van der Waals surface area contributed by atoms with Crippen LogP contribution in [0.15, 0.2) is 77.7 Å². The zero-order valence-corrected chi connectivity index (χ0v) is 26.8. The van der Waals surface area contributed by atoms with Crippen LogP contribution in [-0.2, 0) is 29.2 Å². The first-order valence-corrected chi connectivity index (χ1v) is 16.0. The van der Waals surface area contributed by atoms with Gasteiger partial charge in [0.15, 0.2) is 5.37 Å². The summed E-state index contributed by atoms with van der Waals surface area (Å²) >= 11 is 1.34. The Labute approximate surface area is 269 Å². The van der Waals surface area contributed by atoms with Gasteiger partial charge in [-0.15, -0.1) is 0 Å². The fourth-order valence-corrected chi connectivity index (χ4v) is 6.22. The molecule has 10 nitrogen and oxygen atoms in total. The summed E-state index contributed by atoms with van der Waals surface area (Å²) < 4.78 is 0. The molecule has 240 valence electrons. The number of thioether (sulfide) groups is 1. The van der Waals surface area contributed by atoms with E-state index in [9.17, 15) is 19.5 Å². The Morgan fingerprint density at radius 3 is 2.47 bits per heavy atom. The SMILES string of the molecule is CCNC(=O)NCc1ccccc1-c1ccc(CN2Cc3ccccc3S[C@@H](NC(=O)CC(C)(C)NC[C@H](O)CO)C2=O)cc1. The number of benzene rings is 3. The van der Waals surface area contributed by atoms with Crippen molar-refractivity contribution in [1.29, 1.82) is 0 Å². The fraction of sp³-hybridized carbons (Fsp3) is 0.382. The normalized spacial score (nSPS) is 15.5. The average molecular weight is 634 g/mol. The van der Waals surface area contributed by atoms with Gasteiger partial charge in [-0.05, 0) is 54.7 Å². The molecule has 0 radical (unpaired) electrons. The van der Waals surface area contributed by atoms with Crippen LogP contribution in [0.25, 0.3) is 11.1 Å². The maximum absolute atomic E-state index is 13.9. The van der Waals surface area contributed by atoms with Crippen molar-refractivity contribution in [3.8, 4) is 11.1 Å². The van der Waals surface area contributed by atoms with Gasteiger partial charge in [-0.25, -0.2) is 4.79 Å². The van der Waals surface area contributed by atoms with Crippen molar-refractivity contribution < 1.29 is 24.6 Å². The minimum absolute atomic E-state index is 0.0822. The second-order valence-electron chi connectivity index (χ2n) is 11.7. The molecule has 6 N–H and O–H groups in total. The molecule has 0 aliphatic carbocycles. The molecule has 3 aromatic rings. The Morgan fingerprint density at radius 1 is 1.02 bits per heavy atom. The number of amides is 4. The highest BCUT2D eigenvalue weighted by atomic mass is 32.2. The summed E-state index contributed by atoms with van der Waals surface area (Å²) in [6, 6.07) is 23.6. The maximum Gasteiger partial charge on any atom is 0.315 e. The van der Waals surface area contributed by atoms with Gasteiger partial charge in [0.1, 0.15) is 0 Å². The standard InChI is InChI=1S/C34H43N5O5S/c1-4-35-33(44)36-18-25-9-5-7-11-28(25)24-15-13-23(14-16-24)20-39-21-26-10-6-8-12-29(26)45-31(32(39)43)38-30(42)17-34(2,3)37-19-27(41)22-40/h5-16,27,31,37,40-41H,4,17-22H2,1-3H3,(H,38,42)(H2,35,36,44)/t27-,31+/m0/s1. The van der Waals surface area contributed by atoms with Gasteiger partial charge < -0.3 is 36.4 Å². The lowest BCUT2D eigenvalue weighted by Gasteiger charge is -2.29. The summed E-state index contributed by atoms with van der Waals surface area (Å²) in [4.78, 5) is 41.6. The third kappa shape index (κ3) is 9.79. The van der Waals surface area contributed by atoms with Crippen LogP contribution in [0.5, 0.6) is 0 Å². The number of nitrogens with one attached hydrogen (secondary N) is 4. The highest BCUT2D eigenvalue weighted by Crippen LogP contribution is 2.33. The molecule has 3 aromatic carbocycles. The van der Waals surface area contributed by atoms with Crippen LogP contribution in [0, 0.1) is 0 Å². The van der Waals surface area contributed by atoms with E-state index in [1.165, 1.54) is 11.8 Å². The Balaban J connectivity index is 1.47. The largest absolute Gasteiger partial charge is 0.394 e. The van der Waals surface area contributed by atoms with Gasteiger partial charge in [-0.1, -0.05) is 78.5 Å². The van der Waals surface area contributed by atoms with Crippen molar-refractivity contribution in [3.05, 3.63) is 89.5 Å². The minimum atomic E-state index is -0.920. The zero-order valence-electron chi connectivity index (χ0n) is 26.0. The monoisotopic (exact) mass is 633 g/mol. The average Bonchev–Trinajstić information content (AvgIpc) is 3.15. The van der Waals surface area contributed by atoms with Gasteiger partial charge in [0.25, 0.3) is 5.91 Å². The van der Waals surface area contributed by atoms with E-state index in [4.69, 9.17) is 5.11 Å². The van der Waals surface area contributed by atoms with E-state index in [-0.39, 0.29) is 37.4 Å². The summed E-state index contributed by atoms with van der Waals surface area (Å²) in [6.45, 7) is 7.05. The number of nitrogens with zero attached hydrogens (tertiary/aromatic N) is 1. The number of carbonyl (C=O) groups is 3. The van der Waals surface area contributed by atoms with E-state index >= 15 is 0 Å². The number of hydrogen-bond donors (Lipinski definition) is 6. The topological polar surface area (TPSA) is 143 Å². The first-order chi connectivity index (χ1) is 21.6. The van der Waals surface area contributed by atoms with E-state index in [0.29, 0.717) is 26.2 Å². The molecule has 0 saturated carbocycles. The third-order valence-corrected chi connectivity index (χ3v) is 8.68. The number of carbonyl (C=O) groups excluding carboxylic acids is 3. The van der Waals surface area contributed by atoms with Gasteiger partial charge in [0.05, 0.1) is 12.7 Å². The van der Waals surface area contributed by atoms with Crippen molar-refractivity contribution in [2.24, 2.45) is 0 Å². The Kier molecular flexibility index (Phi) is 12.0. The highest BCUT2D eigenvalue weighted by Gasteiger charge is 2.33. The van der Waals surface area contributed by atoms with Crippen molar-refractivity contribution in [1.82, 2.24) is 26.2 Å². The van der Waals surface area contributed by atoms with Crippen LogP contribution < -0.4 is 21.3 Å². The van der Waals surface area contributed by atoms with E-state index < -0.39 is 17.0 Å². The summed E-state index contributed by atoms with van der Waals surface area (Å²) in [7, 11) is 0. The highest BCUT2D eigenvalue weighted by molar-refractivity contribution is 8.00. The number of rotatable bonds is 13. The molecule has 0 spiro atoms. The number of hydrogen-bond acceptors (Lipinski definition) is 7. The minimum Gasteiger partial charge on any atom is -0.394 e. The van der Waals surface area contributed by atoms with Gasteiger partial charge >= 0.3 is 6.03 Å². The molecule has 4 amide bonds. The summed E-state index contributed by atoms with van der Waals surface area (Å²) in [5.74, 6) is -0.474. The van der Waals surface area contributed by atoms with Crippen LogP contribution in [0.1, 0.15) is 43.9 Å².